The van der Waals surface area contributed by atoms with Gasteiger partial charge in [-0.3, -0.25) is 4.57 Å². The first-order chi connectivity index (χ1) is 25.8. The second-order valence-corrected chi connectivity index (χ2v) is 13.2. The molecule has 54 heavy (non-hydrogen) atoms. The monoisotopic (exact) mass is 652 g/mol. The zero-order valence-corrected chi connectivity index (χ0v) is 28.9. The molecule has 0 amide bonds. The van der Waals surface area contributed by atoms with Crippen molar-refractivity contribution in [3.63, 3.8) is 0 Å². The Morgan fingerprint density at radius 2 is 0.759 bits per heavy atom. The molecule has 0 saturated heterocycles. The summed E-state index contributed by atoms with van der Waals surface area (Å²) in [7, 11) is 86.3. The summed E-state index contributed by atoms with van der Waals surface area (Å²) in [6.07, 6.45) is 0. The van der Waals surface area contributed by atoms with E-state index in [1.165, 1.54) is 0 Å². The summed E-state index contributed by atoms with van der Waals surface area (Å²) in [6.45, 7) is 0. The summed E-state index contributed by atoms with van der Waals surface area (Å²) in [5, 5.41) is 1.68. The Morgan fingerprint density at radius 3 is 1.30 bits per heavy atom. The van der Waals surface area contributed by atoms with Gasteiger partial charge in [-0.1, -0.05) is 93.4 Å². The van der Waals surface area contributed by atoms with Gasteiger partial charge in [-0.15, -0.1) is 38.2 Å². The number of benzene rings is 7. The molecular formula is C39H13B13N2. The molecular weight excluding hydrogens is 637 g/mol. The molecule has 0 atom stereocenters. The van der Waals surface area contributed by atoms with Crippen LogP contribution in [0.2, 0.25) is 0 Å². The van der Waals surface area contributed by atoms with Gasteiger partial charge in [0.2, 0.25) is 0 Å². The first-order valence-corrected chi connectivity index (χ1v) is 16.7. The van der Waals surface area contributed by atoms with Gasteiger partial charge in [-0.25, -0.2) is 4.98 Å². The normalized spacial score (nSPS) is 11.6. The molecule has 2 nitrogen and oxygen atoms in total. The first-order valence-electron chi connectivity index (χ1n) is 16.7. The van der Waals surface area contributed by atoms with Gasteiger partial charge in [0.15, 0.2) is 0 Å². The molecule has 8 aromatic rings. The topological polar surface area (TPSA) is 17.8 Å². The summed E-state index contributed by atoms with van der Waals surface area (Å²) in [4.78, 5) is 5.07. The number of nitrogens with zero attached hydrogens (tertiary/aromatic N) is 2. The smallest absolute Gasteiger partial charge is 0.145 e. The van der Waals surface area contributed by atoms with Crippen LogP contribution in [0.5, 0.6) is 0 Å². The predicted octanol–water partition coefficient (Wildman–Crippen LogP) is -5.35. The summed E-state index contributed by atoms with van der Waals surface area (Å²) < 4.78 is 1.95. The second-order valence-electron chi connectivity index (χ2n) is 13.2. The fourth-order valence-corrected chi connectivity index (χ4v) is 7.46. The van der Waals surface area contributed by atoms with Gasteiger partial charge in [0, 0.05) is 5.56 Å². The largest absolute Gasteiger partial charge is 0.291 e. The number of hydrogen-bond acceptors (Lipinski definition) is 1. The molecule has 0 bridgehead atoms. The SMILES string of the molecule is [B]c1c([B])c([B])c(-c2cccc(-c3c4c([B])c([B])c([B])c([B])c4c(-n4c(-c5ccccc5)nc5ccccc54)c4c([B])c([B])c([B])c([B])c34)c2)c([B])c1[B]. The lowest BCUT2D eigenvalue weighted by atomic mass is 9.59. The number of aromatic nitrogens is 2. The maximum Gasteiger partial charge on any atom is 0.145 e. The van der Waals surface area contributed by atoms with Gasteiger partial charge in [-0.05, 0) is 62.0 Å². The van der Waals surface area contributed by atoms with Gasteiger partial charge in [0.25, 0.3) is 0 Å². The van der Waals surface area contributed by atoms with Gasteiger partial charge < -0.3 is 0 Å². The van der Waals surface area contributed by atoms with E-state index in [-0.39, 0.29) is 71.0 Å². The molecule has 218 valence electrons. The van der Waals surface area contributed by atoms with Crippen molar-refractivity contribution >= 4 is 206 Å². The first kappa shape index (κ1) is 36.4. The minimum absolute atomic E-state index is 0.0732. The van der Waals surface area contributed by atoms with Gasteiger partial charge in [-0.2, -0.15) is 0 Å². The predicted molar refractivity (Wildman–Crippen MR) is 242 cm³/mol. The zero-order valence-electron chi connectivity index (χ0n) is 28.9. The van der Waals surface area contributed by atoms with E-state index in [4.69, 9.17) is 107 Å². The van der Waals surface area contributed by atoms with E-state index in [2.05, 4.69) is 0 Å². The molecule has 26 radical (unpaired) electrons. The van der Waals surface area contributed by atoms with Crippen molar-refractivity contribution in [2.24, 2.45) is 0 Å². The molecule has 0 saturated carbocycles. The average molecular weight is 650 g/mol. The summed E-state index contributed by atoms with van der Waals surface area (Å²) in [5.41, 5.74) is 6.15. The van der Waals surface area contributed by atoms with Crippen molar-refractivity contribution in [2.75, 3.05) is 0 Å². The summed E-state index contributed by atoms with van der Waals surface area (Å²) >= 11 is 0. The van der Waals surface area contributed by atoms with E-state index in [1.807, 2.05) is 71.3 Å². The molecule has 0 spiro atoms. The highest BCUT2D eigenvalue weighted by atomic mass is 15.1. The maximum absolute atomic E-state index is 7.03. The van der Waals surface area contributed by atoms with E-state index < -0.39 is 0 Å². The van der Waals surface area contributed by atoms with Crippen LogP contribution < -0.4 is 71.0 Å². The fourth-order valence-electron chi connectivity index (χ4n) is 7.46. The summed E-state index contributed by atoms with van der Waals surface area (Å²) in [6, 6.07) is 24.6. The third-order valence-electron chi connectivity index (χ3n) is 10.2. The van der Waals surface area contributed by atoms with E-state index in [9.17, 15) is 0 Å². The van der Waals surface area contributed by atoms with Crippen LogP contribution in [0.4, 0.5) is 0 Å². The van der Waals surface area contributed by atoms with Crippen LogP contribution in [-0.2, 0) is 0 Å². The van der Waals surface area contributed by atoms with Gasteiger partial charge in [0.1, 0.15) is 108 Å². The van der Waals surface area contributed by atoms with Crippen molar-refractivity contribution in [1.29, 1.82) is 0 Å². The number of fused-ring (bicyclic) bond motifs is 3. The fraction of sp³-hybridized carbons (Fsp3) is 0. The Bertz CT molecular complexity index is 2810. The van der Waals surface area contributed by atoms with Crippen LogP contribution in [0.25, 0.3) is 71.9 Å². The standard InChI is InChI=1S/C39H13B13N2/c40-25-20(26(41)32(47)37(52)31(25)46)16-10-6-9-15(13-16)19-21-23(29(44)35(50)33(48)27(21)42)38(24-22(19)28(43)34(49)36(51)30(24)45)54-18-12-5-4-11-17(18)53-39(54)14-7-2-1-3-8-14/h1-13H. The Hall–Kier alpha value is -4.63. The van der Waals surface area contributed by atoms with Crippen molar-refractivity contribution in [1.82, 2.24) is 9.55 Å². The highest BCUT2D eigenvalue weighted by molar-refractivity contribution is 6.71. The van der Waals surface area contributed by atoms with Crippen LogP contribution in [0.3, 0.4) is 0 Å². The Labute approximate surface area is 331 Å². The van der Waals surface area contributed by atoms with Crippen molar-refractivity contribution in [3.8, 4) is 39.3 Å². The number of para-hydroxylation sites is 2. The molecule has 8 rings (SSSR count). The minimum atomic E-state index is 0.0732. The third-order valence-corrected chi connectivity index (χ3v) is 10.2. The van der Waals surface area contributed by atoms with Gasteiger partial charge >= 0.3 is 0 Å². The van der Waals surface area contributed by atoms with Gasteiger partial charge in [0.05, 0.1) is 16.7 Å². The Morgan fingerprint density at radius 1 is 0.352 bits per heavy atom. The lowest BCUT2D eigenvalue weighted by Crippen LogP contribution is -2.55. The number of hydrogen-bond donors (Lipinski definition) is 0. The van der Waals surface area contributed by atoms with Crippen LogP contribution >= 0.6 is 0 Å². The Kier molecular flexibility index (Phi) is 8.95. The quantitative estimate of drug-likeness (QED) is 0.138. The molecule has 7 aromatic carbocycles. The van der Waals surface area contributed by atoms with E-state index in [0.717, 1.165) is 11.1 Å². The molecule has 0 aliphatic carbocycles. The number of rotatable bonds is 4. The van der Waals surface area contributed by atoms with Crippen LogP contribution in [0.15, 0.2) is 78.9 Å². The summed E-state index contributed by atoms with van der Waals surface area (Å²) in [5.74, 6) is 0.570. The van der Waals surface area contributed by atoms with Crippen molar-refractivity contribution < 1.29 is 0 Å². The highest BCUT2D eigenvalue weighted by Gasteiger charge is 2.27. The van der Waals surface area contributed by atoms with Crippen LogP contribution in [0, 0.1) is 0 Å². The lowest BCUT2D eigenvalue weighted by molar-refractivity contribution is 1.13. The molecule has 0 aliphatic rings. The van der Waals surface area contributed by atoms with Crippen LogP contribution in [-0.4, -0.2) is 112 Å². The van der Waals surface area contributed by atoms with Crippen molar-refractivity contribution in [2.45, 2.75) is 0 Å². The second kappa shape index (κ2) is 13.3. The molecule has 15 heteroatoms. The Balaban J connectivity index is 1.65. The molecule has 1 aromatic heterocycles. The minimum Gasteiger partial charge on any atom is -0.291 e. The average Bonchev–Trinajstić information content (AvgIpc) is 3.57. The van der Waals surface area contributed by atoms with E-state index in [0.29, 0.717) is 60.8 Å². The molecule has 1 heterocycles. The lowest BCUT2D eigenvalue weighted by Gasteiger charge is -2.29. The molecule has 0 N–H and O–H groups in total. The van der Waals surface area contributed by atoms with Crippen LogP contribution in [0.1, 0.15) is 0 Å². The third kappa shape index (κ3) is 5.17. The molecule has 0 aliphatic heterocycles. The molecule has 0 fully saturated rings. The van der Waals surface area contributed by atoms with Crippen molar-refractivity contribution in [3.05, 3.63) is 78.9 Å². The van der Waals surface area contributed by atoms with E-state index >= 15 is 0 Å². The maximum atomic E-state index is 7.03. The van der Waals surface area contributed by atoms with E-state index in [1.54, 1.807) is 12.1 Å². The zero-order chi connectivity index (χ0) is 38.5. The molecule has 0 unspecified atom stereocenters. The highest BCUT2D eigenvalue weighted by Crippen LogP contribution is 2.41. The number of imidazole rings is 1.